The molecule has 0 fully saturated rings. The first-order chi connectivity index (χ1) is 8.89. The zero-order valence-corrected chi connectivity index (χ0v) is 12.6. The molecule has 0 unspecified atom stereocenters. The van der Waals surface area contributed by atoms with Crippen LogP contribution in [0.25, 0.3) is 0 Å². The second kappa shape index (κ2) is 6.70. The summed E-state index contributed by atoms with van der Waals surface area (Å²) >= 11 is 5.96. The van der Waals surface area contributed by atoms with E-state index in [-0.39, 0.29) is 5.91 Å². The third-order valence-corrected chi connectivity index (χ3v) is 2.96. The van der Waals surface area contributed by atoms with E-state index in [2.05, 4.69) is 27.5 Å². The predicted molar refractivity (Wildman–Crippen MR) is 77.4 cm³/mol. The fourth-order valence-electron chi connectivity index (χ4n) is 1.62. The van der Waals surface area contributed by atoms with Crippen LogP contribution in [0.4, 0.5) is 5.82 Å². The Balaban J connectivity index is 2.74. The van der Waals surface area contributed by atoms with Crippen molar-refractivity contribution in [2.45, 2.75) is 33.6 Å². The van der Waals surface area contributed by atoms with Crippen LogP contribution in [-0.4, -0.2) is 29.5 Å². The van der Waals surface area contributed by atoms with E-state index in [1.807, 2.05) is 13.8 Å². The van der Waals surface area contributed by atoms with Gasteiger partial charge in [0.25, 0.3) is 0 Å². The highest BCUT2D eigenvalue weighted by Gasteiger charge is 2.26. The molecule has 0 aromatic carbocycles. The molecule has 0 bridgehead atoms. The van der Waals surface area contributed by atoms with Crippen LogP contribution in [0.5, 0.6) is 0 Å². The van der Waals surface area contributed by atoms with Gasteiger partial charge in [0.1, 0.15) is 16.8 Å². The summed E-state index contributed by atoms with van der Waals surface area (Å²) in [6, 6.07) is 1.67. The molecule has 1 amide bonds. The van der Waals surface area contributed by atoms with E-state index in [1.54, 1.807) is 13.1 Å². The quantitative estimate of drug-likeness (QED) is 0.787. The number of carbonyl (C=O) groups is 1. The molecule has 1 aromatic rings. The van der Waals surface area contributed by atoms with Crippen molar-refractivity contribution in [3.05, 3.63) is 17.0 Å². The smallest absolute Gasteiger partial charge is 0.227 e. The van der Waals surface area contributed by atoms with Crippen molar-refractivity contribution >= 4 is 23.3 Å². The number of anilines is 1. The van der Waals surface area contributed by atoms with Gasteiger partial charge in [0.2, 0.25) is 5.91 Å². The Morgan fingerprint density at radius 3 is 2.68 bits per heavy atom. The minimum Gasteiger partial charge on any atom is -0.369 e. The third kappa shape index (κ3) is 4.67. The van der Waals surface area contributed by atoms with Gasteiger partial charge in [-0.2, -0.15) is 0 Å². The Morgan fingerprint density at radius 2 is 2.11 bits per heavy atom. The number of aromatic nitrogens is 2. The van der Waals surface area contributed by atoms with Crippen LogP contribution in [0, 0.1) is 5.41 Å². The second-order valence-corrected chi connectivity index (χ2v) is 5.45. The zero-order valence-electron chi connectivity index (χ0n) is 11.9. The van der Waals surface area contributed by atoms with Gasteiger partial charge in [-0.1, -0.05) is 18.5 Å². The minimum absolute atomic E-state index is 0.0195. The fourth-order valence-corrected chi connectivity index (χ4v) is 1.82. The van der Waals surface area contributed by atoms with Gasteiger partial charge in [0, 0.05) is 26.1 Å². The molecule has 0 atom stereocenters. The van der Waals surface area contributed by atoms with Gasteiger partial charge in [0.15, 0.2) is 0 Å². The average molecular weight is 285 g/mol. The molecule has 0 saturated heterocycles. The fraction of sp³-hybridized carbons (Fsp3) is 0.615. The molecule has 0 aliphatic carbocycles. The molecule has 5 nitrogen and oxygen atoms in total. The van der Waals surface area contributed by atoms with Gasteiger partial charge in [-0.15, -0.1) is 0 Å². The highest BCUT2D eigenvalue weighted by atomic mass is 35.5. The normalized spacial score (nSPS) is 11.2. The Bertz CT molecular complexity index is 448. The first kappa shape index (κ1) is 15.7. The van der Waals surface area contributed by atoms with E-state index in [1.165, 1.54) is 0 Å². The number of aryl methyl sites for hydroxylation is 1. The first-order valence-corrected chi connectivity index (χ1v) is 6.76. The molecule has 19 heavy (non-hydrogen) atoms. The van der Waals surface area contributed by atoms with Crippen molar-refractivity contribution in [3.8, 4) is 0 Å². The van der Waals surface area contributed by atoms with Crippen LogP contribution < -0.4 is 10.6 Å². The topological polar surface area (TPSA) is 66.9 Å². The first-order valence-electron chi connectivity index (χ1n) is 6.38. The predicted octanol–water partition coefficient (Wildman–Crippen LogP) is 2.27. The summed E-state index contributed by atoms with van der Waals surface area (Å²) in [5.41, 5.74) is -0.517. The maximum atomic E-state index is 11.7. The molecular weight excluding hydrogens is 264 g/mol. The number of nitrogens with one attached hydrogen (secondary N) is 2. The number of halogens is 1. The van der Waals surface area contributed by atoms with Gasteiger partial charge in [-0.05, 0) is 20.3 Å². The lowest BCUT2D eigenvalue weighted by Gasteiger charge is -2.23. The molecule has 0 aliphatic heterocycles. The molecule has 0 aliphatic rings. The Hall–Kier alpha value is -1.36. The Labute approximate surface area is 119 Å². The molecule has 1 heterocycles. The van der Waals surface area contributed by atoms with Crippen molar-refractivity contribution in [2.75, 3.05) is 18.9 Å². The van der Waals surface area contributed by atoms with E-state index in [4.69, 9.17) is 11.6 Å². The zero-order chi connectivity index (χ0) is 14.5. The number of nitrogens with zero attached hydrogens (tertiary/aromatic N) is 2. The maximum absolute atomic E-state index is 11.7. The molecule has 0 saturated carbocycles. The van der Waals surface area contributed by atoms with Gasteiger partial charge >= 0.3 is 0 Å². The summed E-state index contributed by atoms with van der Waals surface area (Å²) in [6.07, 6.45) is 1.75. The van der Waals surface area contributed by atoms with Crippen LogP contribution in [-0.2, 0) is 11.2 Å². The van der Waals surface area contributed by atoms with Gasteiger partial charge in [0.05, 0.1) is 5.41 Å². The molecule has 2 N–H and O–H groups in total. The number of rotatable bonds is 6. The van der Waals surface area contributed by atoms with Crippen LogP contribution in [0.3, 0.4) is 0 Å². The lowest BCUT2D eigenvalue weighted by molar-refractivity contribution is -0.128. The highest BCUT2D eigenvalue weighted by molar-refractivity contribution is 6.29. The van der Waals surface area contributed by atoms with Gasteiger partial charge in [-0.3, -0.25) is 4.79 Å². The standard InChI is InChI=1S/C13H21ClN4O/c1-5-6-10-17-9(14)7-11(18-10)16-8-13(2,3)12(19)15-4/h7H,5-6,8H2,1-4H3,(H,15,19)(H,16,17,18). The maximum Gasteiger partial charge on any atom is 0.227 e. The highest BCUT2D eigenvalue weighted by Crippen LogP contribution is 2.18. The molecule has 106 valence electrons. The van der Waals surface area contributed by atoms with Crippen molar-refractivity contribution in [1.29, 1.82) is 0 Å². The van der Waals surface area contributed by atoms with Crippen LogP contribution >= 0.6 is 11.6 Å². The number of hydrogen-bond acceptors (Lipinski definition) is 4. The van der Waals surface area contributed by atoms with E-state index in [0.717, 1.165) is 18.7 Å². The van der Waals surface area contributed by atoms with E-state index in [0.29, 0.717) is 17.5 Å². The molecule has 6 heteroatoms. The monoisotopic (exact) mass is 284 g/mol. The van der Waals surface area contributed by atoms with Crippen molar-refractivity contribution in [1.82, 2.24) is 15.3 Å². The summed E-state index contributed by atoms with van der Waals surface area (Å²) in [5.74, 6) is 1.35. The molecule has 1 aromatic heterocycles. The molecule has 0 spiro atoms. The van der Waals surface area contributed by atoms with Crippen molar-refractivity contribution in [2.24, 2.45) is 5.41 Å². The molecular formula is C13H21ClN4O. The van der Waals surface area contributed by atoms with Crippen molar-refractivity contribution < 1.29 is 4.79 Å². The average Bonchev–Trinajstić information content (AvgIpc) is 2.35. The molecule has 1 rings (SSSR count). The summed E-state index contributed by atoms with van der Waals surface area (Å²) in [5, 5.41) is 6.21. The number of hydrogen-bond donors (Lipinski definition) is 2. The van der Waals surface area contributed by atoms with Crippen LogP contribution in [0.1, 0.15) is 33.0 Å². The van der Waals surface area contributed by atoms with Gasteiger partial charge in [-0.25, -0.2) is 9.97 Å². The Kier molecular flexibility index (Phi) is 5.54. The molecule has 0 radical (unpaired) electrons. The third-order valence-electron chi connectivity index (χ3n) is 2.77. The number of carbonyl (C=O) groups excluding carboxylic acids is 1. The summed E-state index contributed by atoms with van der Waals surface area (Å²) < 4.78 is 0. The summed E-state index contributed by atoms with van der Waals surface area (Å²) in [7, 11) is 1.63. The number of amides is 1. The summed E-state index contributed by atoms with van der Waals surface area (Å²) in [4.78, 5) is 20.2. The lowest BCUT2D eigenvalue weighted by atomic mass is 9.92. The largest absolute Gasteiger partial charge is 0.369 e. The van der Waals surface area contributed by atoms with Crippen LogP contribution in [0.15, 0.2) is 6.07 Å². The van der Waals surface area contributed by atoms with E-state index in [9.17, 15) is 4.79 Å². The second-order valence-electron chi connectivity index (χ2n) is 5.06. The van der Waals surface area contributed by atoms with Gasteiger partial charge < -0.3 is 10.6 Å². The lowest BCUT2D eigenvalue weighted by Crippen LogP contribution is -2.39. The SMILES string of the molecule is CCCc1nc(Cl)cc(NCC(C)(C)C(=O)NC)n1. The van der Waals surface area contributed by atoms with E-state index >= 15 is 0 Å². The van der Waals surface area contributed by atoms with E-state index < -0.39 is 5.41 Å². The van der Waals surface area contributed by atoms with Crippen molar-refractivity contribution in [3.63, 3.8) is 0 Å². The van der Waals surface area contributed by atoms with Crippen LogP contribution in [0.2, 0.25) is 5.15 Å². The summed E-state index contributed by atoms with van der Waals surface area (Å²) in [6.45, 7) is 6.28. The minimum atomic E-state index is -0.517. The Morgan fingerprint density at radius 1 is 1.42 bits per heavy atom.